The van der Waals surface area contributed by atoms with E-state index in [-0.39, 0.29) is 0 Å². The highest BCUT2D eigenvalue weighted by Crippen LogP contribution is 2.40. The summed E-state index contributed by atoms with van der Waals surface area (Å²) in [6, 6.07) is 10.7. The first-order valence-electron chi connectivity index (χ1n) is 11.7. The Morgan fingerprint density at radius 1 is 0.969 bits per heavy atom. The van der Waals surface area contributed by atoms with Crippen molar-refractivity contribution in [1.29, 1.82) is 0 Å². The van der Waals surface area contributed by atoms with Gasteiger partial charge in [0.25, 0.3) is 0 Å². The second kappa shape index (κ2) is 7.85. The van der Waals surface area contributed by atoms with Crippen molar-refractivity contribution in [2.75, 3.05) is 37.0 Å². The molecule has 166 valence electrons. The van der Waals surface area contributed by atoms with E-state index in [2.05, 4.69) is 54.9 Å². The molecule has 4 heterocycles. The van der Waals surface area contributed by atoms with E-state index in [0.717, 1.165) is 69.0 Å². The van der Waals surface area contributed by atoms with Crippen LogP contribution in [0.3, 0.4) is 0 Å². The minimum absolute atomic E-state index is 0.630. The standard InChI is InChI=1S/C24H30N8/c1-29(2)24-25-20-15-30(14-17-6-4-3-5-7-17)11-10-19(20)23(26-24)31-12-13-32-21(16-31)27-28-22(32)18-8-9-18/h3-7,18H,8-16H2,1-2H3. The summed E-state index contributed by atoms with van der Waals surface area (Å²) >= 11 is 0. The molecule has 8 nitrogen and oxygen atoms in total. The van der Waals surface area contributed by atoms with Crippen LogP contribution in [0.1, 0.15) is 47.2 Å². The number of hydrogen-bond acceptors (Lipinski definition) is 7. The van der Waals surface area contributed by atoms with Gasteiger partial charge in [0, 0.05) is 58.3 Å². The lowest BCUT2D eigenvalue weighted by molar-refractivity contribution is 0.241. The van der Waals surface area contributed by atoms with Crippen LogP contribution in [0.2, 0.25) is 0 Å². The van der Waals surface area contributed by atoms with Gasteiger partial charge < -0.3 is 14.4 Å². The Morgan fingerprint density at radius 3 is 2.59 bits per heavy atom. The third kappa shape index (κ3) is 3.62. The van der Waals surface area contributed by atoms with Gasteiger partial charge >= 0.3 is 0 Å². The Hall–Kier alpha value is -3.00. The van der Waals surface area contributed by atoms with Gasteiger partial charge in [-0.3, -0.25) is 4.90 Å². The molecular formula is C24H30N8. The van der Waals surface area contributed by atoms with Crippen molar-refractivity contribution in [1.82, 2.24) is 29.6 Å². The Morgan fingerprint density at radius 2 is 1.81 bits per heavy atom. The Balaban J connectivity index is 1.29. The van der Waals surface area contributed by atoms with Crippen LogP contribution in [0.4, 0.5) is 11.8 Å². The Kier molecular flexibility index (Phi) is 4.82. The quantitative estimate of drug-likeness (QED) is 0.616. The number of benzene rings is 1. The SMILES string of the molecule is CN(C)c1nc2c(c(N3CCn4c(nnc4C4CC4)C3)n1)CCN(Cc1ccccc1)C2. The molecule has 32 heavy (non-hydrogen) atoms. The van der Waals surface area contributed by atoms with Crippen LogP contribution in [0.15, 0.2) is 30.3 Å². The molecule has 2 aromatic heterocycles. The van der Waals surface area contributed by atoms with Crippen LogP contribution in [0.25, 0.3) is 0 Å². The van der Waals surface area contributed by atoms with E-state index in [9.17, 15) is 0 Å². The molecule has 1 aliphatic carbocycles. The number of aromatic nitrogens is 5. The molecule has 2 aliphatic heterocycles. The van der Waals surface area contributed by atoms with E-state index in [4.69, 9.17) is 9.97 Å². The topological polar surface area (TPSA) is 66.2 Å². The Labute approximate surface area is 188 Å². The average molecular weight is 431 g/mol. The molecule has 1 aromatic carbocycles. The lowest BCUT2D eigenvalue weighted by Crippen LogP contribution is -2.38. The van der Waals surface area contributed by atoms with Gasteiger partial charge in [-0.15, -0.1) is 10.2 Å². The molecule has 0 unspecified atom stereocenters. The highest BCUT2D eigenvalue weighted by Gasteiger charge is 2.33. The molecule has 6 rings (SSSR count). The first kappa shape index (κ1) is 19.7. The van der Waals surface area contributed by atoms with Crippen LogP contribution < -0.4 is 9.80 Å². The van der Waals surface area contributed by atoms with Crippen LogP contribution in [0, 0.1) is 0 Å². The number of fused-ring (bicyclic) bond motifs is 2. The second-order valence-corrected chi connectivity index (χ2v) is 9.44. The van der Waals surface area contributed by atoms with Gasteiger partial charge in [0.1, 0.15) is 11.6 Å². The molecule has 0 spiro atoms. The van der Waals surface area contributed by atoms with Gasteiger partial charge in [0.05, 0.1) is 12.2 Å². The summed E-state index contributed by atoms with van der Waals surface area (Å²) in [4.78, 5) is 16.9. The summed E-state index contributed by atoms with van der Waals surface area (Å²) in [6.45, 7) is 5.47. The number of hydrogen-bond donors (Lipinski definition) is 0. The van der Waals surface area contributed by atoms with Crippen molar-refractivity contribution >= 4 is 11.8 Å². The monoisotopic (exact) mass is 430 g/mol. The van der Waals surface area contributed by atoms with E-state index in [0.29, 0.717) is 5.92 Å². The molecule has 3 aromatic rings. The fraction of sp³-hybridized carbons (Fsp3) is 0.500. The summed E-state index contributed by atoms with van der Waals surface area (Å²) < 4.78 is 2.34. The van der Waals surface area contributed by atoms with Crippen LogP contribution in [0.5, 0.6) is 0 Å². The maximum atomic E-state index is 5.01. The summed E-state index contributed by atoms with van der Waals surface area (Å²) in [7, 11) is 4.04. The average Bonchev–Trinajstić information content (AvgIpc) is 3.57. The molecule has 0 saturated heterocycles. The molecule has 8 heteroatoms. The fourth-order valence-corrected chi connectivity index (χ4v) is 4.89. The largest absolute Gasteiger partial charge is 0.347 e. The number of rotatable bonds is 5. The highest BCUT2D eigenvalue weighted by atomic mass is 15.4. The Bertz CT molecular complexity index is 1120. The maximum Gasteiger partial charge on any atom is 0.227 e. The summed E-state index contributed by atoms with van der Waals surface area (Å²) in [6.07, 6.45) is 3.49. The number of anilines is 2. The van der Waals surface area contributed by atoms with Gasteiger partial charge in [-0.1, -0.05) is 30.3 Å². The molecule has 0 atom stereocenters. The third-order valence-electron chi connectivity index (χ3n) is 6.78. The van der Waals surface area contributed by atoms with Crippen molar-refractivity contribution in [3.8, 4) is 0 Å². The third-order valence-corrected chi connectivity index (χ3v) is 6.78. The van der Waals surface area contributed by atoms with E-state index >= 15 is 0 Å². The minimum atomic E-state index is 0.630. The van der Waals surface area contributed by atoms with Gasteiger partial charge in [0.2, 0.25) is 5.95 Å². The smallest absolute Gasteiger partial charge is 0.227 e. The van der Waals surface area contributed by atoms with Crippen LogP contribution in [-0.2, 0) is 32.6 Å². The molecule has 1 fully saturated rings. The zero-order valence-corrected chi connectivity index (χ0v) is 18.9. The highest BCUT2D eigenvalue weighted by molar-refractivity contribution is 5.54. The van der Waals surface area contributed by atoms with Crippen molar-refractivity contribution in [2.24, 2.45) is 0 Å². The molecule has 0 radical (unpaired) electrons. The van der Waals surface area contributed by atoms with Gasteiger partial charge in [-0.2, -0.15) is 4.98 Å². The summed E-state index contributed by atoms with van der Waals surface area (Å²) in [5.41, 5.74) is 3.81. The van der Waals surface area contributed by atoms with E-state index in [1.807, 2.05) is 19.0 Å². The van der Waals surface area contributed by atoms with Crippen molar-refractivity contribution < 1.29 is 0 Å². The first-order valence-corrected chi connectivity index (χ1v) is 11.7. The molecule has 0 N–H and O–H groups in total. The van der Waals surface area contributed by atoms with E-state index in [1.165, 1.54) is 29.8 Å². The summed E-state index contributed by atoms with van der Waals surface area (Å²) in [5, 5.41) is 9.04. The molecular weight excluding hydrogens is 400 g/mol. The predicted octanol–water partition coefficient (Wildman–Crippen LogP) is 2.59. The first-order chi connectivity index (χ1) is 15.7. The van der Waals surface area contributed by atoms with Crippen LogP contribution in [-0.4, -0.2) is 56.8 Å². The van der Waals surface area contributed by atoms with Gasteiger partial charge in [-0.25, -0.2) is 4.98 Å². The van der Waals surface area contributed by atoms with E-state index in [1.54, 1.807) is 0 Å². The molecule has 0 amide bonds. The zero-order valence-electron chi connectivity index (χ0n) is 18.9. The normalized spacial score (nSPS) is 18.4. The lowest BCUT2D eigenvalue weighted by atomic mass is 10.0. The van der Waals surface area contributed by atoms with Crippen molar-refractivity contribution in [3.05, 3.63) is 58.8 Å². The van der Waals surface area contributed by atoms with Crippen molar-refractivity contribution in [2.45, 2.75) is 51.4 Å². The molecule has 1 saturated carbocycles. The van der Waals surface area contributed by atoms with E-state index < -0.39 is 0 Å². The minimum Gasteiger partial charge on any atom is -0.347 e. The molecule has 0 bridgehead atoms. The fourth-order valence-electron chi connectivity index (χ4n) is 4.89. The van der Waals surface area contributed by atoms with Gasteiger partial charge in [0.15, 0.2) is 5.82 Å². The van der Waals surface area contributed by atoms with Crippen LogP contribution >= 0.6 is 0 Å². The maximum absolute atomic E-state index is 5.01. The number of nitrogens with zero attached hydrogens (tertiary/aromatic N) is 8. The van der Waals surface area contributed by atoms with Crippen molar-refractivity contribution in [3.63, 3.8) is 0 Å². The summed E-state index contributed by atoms with van der Waals surface area (Å²) in [5.74, 6) is 4.75. The van der Waals surface area contributed by atoms with Gasteiger partial charge in [-0.05, 0) is 24.8 Å². The zero-order chi connectivity index (χ0) is 21.7. The lowest BCUT2D eigenvalue weighted by Gasteiger charge is -2.35. The predicted molar refractivity (Wildman–Crippen MR) is 124 cm³/mol. The second-order valence-electron chi connectivity index (χ2n) is 9.44. The molecule has 3 aliphatic rings.